The van der Waals surface area contributed by atoms with Crippen LogP contribution in [0.1, 0.15) is 13.3 Å². The predicted octanol–water partition coefficient (Wildman–Crippen LogP) is 1.06. The largest absolute Gasteiger partial charge is 0.350 e. The van der Waals surface area contributed by atoms with Gasteiger partial charge in [0.2, 0.25) is 5.91 Å². The minimum Gasteiger partial charge on any atom is -0.350 e. The first-order valence-electron chi connectivity index (χ1n) is 5.01. The number of rotatable bonds is 4. The van der Waals surface area contributed by atoms with Crippen molar-refractivity contribution in [3.05, 3.63) is 30.3 Å². The van der Waals surface area contributed by atoms with E-state index in [-0.39, 0.29) is 12.3 Å². The summed E-state index contributed by atoms with van der Waals surface area (Å²) in [6.07, 6.45) is 0.0924. The number of anilines is 1. The van der Waals surface area contributed by atoms with Crippen LogP contribution >= 0.6 is 0 Å². The Balaban J connectivity index is 2.45. The van der Waals surface area contributed by atoms with Crippen molar-refractivity contribution in [2.45, 2.75) is 13.3 Å². The lowest BCUT2D eigenvalue weighted by molar-refractivity contribution is -0.115. The molecule has 0 radical (unpaired) electrons. The Bertz CT molecular complexity index is 428. The zero-order valence-electron chi connectivity index (χ0n) is 9.43. The maximum Gasteiger partial charge on any atom is 0.332 e. The molecule has 0 atom stereocenters. The van der Waals surface area contributed by atoms with Gasteiger partial charge in [-0.3, -0.25) is 4.79 Å². The zero-order valence-corrected chi connectivity index (χ0v) is 9.43. The summed E-state index contributed by atoms with van der Waals surface area (Å²) in [6, 6.07) is 8.32. The van der Waals surface area contributed by atoms with Crippen LogP contribution in [0.5, 0.6) is 0 Å². The second-order valence-electron chi connectivity index (χ2n) is 3.41. The van der Waals surface area contributed by atoms with Gasteiger partial charge >= 0.3 is 6.03 Å². The quantitative estimate of drug-likeness (QED) is 0.536. The first-order valence-corrected chi connectivity index (χ1v) is 5.01. The Morgan fingerprint density at radius 3 is 2.53 bits per heavy atom. The number of amides is 3. The fourth-order valence-electron chi connectivity index (χ4n) is 1.15. The van der Waals surface area contributed by atoms with Crippen molar-refractivity contribution >= 4 is 23.3 Å². The van der Waals surface area contributed by atoms with Crippen molar-refractivity contribution in [2.75, 3.05) is 5.32 Å². The molecule has 1 aromatic carbocycles. The number of hydrogen-bond acceptors (Lipinski definition) is 3. The first-order chi connectivity index (χ1) is 8.08. The molecule has 0 aliphatic rings. The van der Waals surface area contributed by atoms with Crippen LogP contribution < -0.4 is 16.5 Å². The van der Waals surface area contributed by atoms with Crippen LogP contribution in [0.25, 0.3) is 0 Å². The fourth-order valence-corrected chi connectivity index (χ4v) is 1.15. The summed E-state index contributed by atoms with van der Waals surface area (Å²) in [6.45, 7) is 1.63. The molecule has 0 saturated heterocycles. The monoisotopic (exact) mass is 234 g/mol. The Labute approximate surface area is 98.9 Å². The van der Waals surface area contributed by atoms with E-state index in [1.807, 2.05) is 18.2 Å². The Hall–Kier alpha value is -2.37. The number of nitrogens with one attached hydrogen (secondary N) is 2. The van der Waals surface area contributed by atoms with Gasteiger partial charge in [-0.25, -0.2) is 10.2 Å². The molecule has 1 rings (SSSR count). The van der Waals surface area contributed by atoms with Crippen molar-refractivity contribution in [1.29, 1.82) is 0 Å². The number of carbonyl (C=O) groups excluding carboxylic acids is 2. The van der Waals surface area contributed by atoms with Crippen LogP contribution in [-0.4, -0.2) is 17.6 Å². The molecule has 6 heteroatoms. The molecule has 0 heterocycles. The summed E-state index contributed by atoms with van der Waals surface area (Å²) in [5.74, 6) is -0.205. The third-order valence-corrected chi connectivity index (χ3v) is 1.83. The van der Waals surface area contributed by atoms with Gasteiger partial charge in [0.05, 0.1) is 6.42 Å². The van der Waals surface area contributed by atoms with Crippen LogP contribution in [0.3, 0.4) is 0 Å². The average molecular weight is 234 g/mol. The van der Waals surface area contributed by atoms with E-state index in [1.54, 1.807) is 19.1 Å². The lowest BCUT2D eigenvalue weighted by Crippen LogP contribution is -2.26. The molecule has 0 fully saturated rings. The molecule has 1 aromatic rings. The maximum atomic E-state index is 11.5. The highest BCUT2D eigenvalue weighted by Crippen LogP contribution is 2.05. The molecule has 0 unspecified atom stereocenters. The van der Waals surface area contributed by atoms with Gasteiger partial charge in [-0.05, 0) is 19.1 Å². The molecule has 0 spiro atoms. The number of carbonyl (C=O) groups is 2. The summed E-state index contributed by atoms with van der Waals surface area (Å²) in [7, 11) is 0. The number of primary amides is 1. The number of hydrazone groups is 1. The number of para-hydroxylation sites is 1. The van der Waals surface area contributed by atoms with E-state index in [2.05, 4.69) is 15.8 Å². The van der Waals surface area contributed by atoms with Crippen molar-refractivity contribution in [3.63, 3.8) is 0 Å². The van der Waals surface area contributed by atoms with Gasteiger partial charge in [0, 0.05) is 11.4 Å². The average Bonchev–Trinajstić information content (AvgIpc) is 2.27. The molecule has 0 aliphatic heterocycles. The van der Waals surface area contributed by atoms with E-state index in [9.17, 15) is 9.59 Å². The van der Waals surface area contributed by atoms with Crippen molar-refractivity contribution in [2.24, 2.45) is 10.8 Å². The lowest BCUT2D eigenvalue weighted by Gasteiger charge is -2.04. The van der Waals surface area contributed by atoms with Gasteiger partial charge in [0.25, 0.3) is 0 Å². The molecule has 0 aliphatic carbocycles. The van der Waals surface area contributed by atoms with Crippen LogP contribution in [0.15, 0.2) is 35.4 Å². The Kier molecular flexibility index (Phi) is 4.68. The number of benzene rings is 1. The molecule has 0 aromatic heterocycles. The van der Waals surface area contributed by atoms with Gasteiger partial charge in [-0.2, -0.15) is 5.10 Å². The Morgan fingerprint density at radius 1 is 1.29 bits per heavy atom. The maximum absolute atomic E-state index is 11.5. The molecule has 90 valence electrons. The summed E-state index contributed by atoms with van der Waals surface area (Å²) in [4.78, 5) is 21.9. The summed E-state index contributed by atoms with van der Waals surface area (Å²) in [5, 5.41) is 6.33. The van der Waals surface area contributed by atoms with E-state index in [4.69, 9.17) is 5.73 Å². The second-order valence-corrected chi connectivity index (χ2v) is 3.41. The van der Waals surface area contributed by atoms with Crippen LogP contribution in [0.2, 0.25) is 0 Å². The molecule has 17 heavy (non-hydrogen) atoms. The summed E-state index contributed by atoms with van der Waals surface area (Å²) < 4.78 is 0. The highest BCUT2D eigenvalue weighted by molar-refractivity contribution is 6.05. The molecule has 6 nitrogen and oxygen atoms in total. The van der Waals surface area contributed by atoms with Crippen molar-refractivity contribution < 1.29 is 9.59 Å². The minimum absolute atomic E-state index is 0.0924. The van der Waals surface area contributed by atoms with Crippen molar-refractivity contribution in [1.82, 2.24) is 5.43 Å². The van der Waals surface area contributed by atoms with E-state index >= 15 is 0 Å². The van der Waals surface area contributed by atoms with E-state index in [1.165, 1.54) is 0 Å². The van der Waals surface area contributed by atoms with E-state index in [0.717, 1.165) is 0 Å². The first kappa shape index (κ1) is 12.7. The van der Waals surface area contributed by atoms with Gasteiger partial charge in [0.1, 0.15) is 0 Å². The molecule has 0 bridgehead atoms. The highest BCUT2D eigenvalue weighted by Gasteiger charge is 2.04. The molecule has 3 amide bonds. The SMILES string of the molecule is C/C(CC(=O)Nc1ccccc1)=N\NC(N)=O. The van der Waals surface area contributed by atoms with Crippen LogP contribution in [0.4, 0.5) is 10.5 Å². The normalized spacial score (nSPS) is 10.8. The predicted molar refractivity (Wildman–Crippen MR) is 65.5 cm³/mol. The van der Waals surface area contributed by atoms with Gasteiger partial charge < -0.3 is 11.1 Å². The lowest BCUT2D eigenvalue weighted by atomic mass is 10.2. The fraction of sp³-hybridized carbons (Fsp3) is 0.182. The molecular formula is C11H14N4O2. The van der Waals surface area contributed by atoms with Crippen LogP contribution in [-0.2, 0) is 4.79 Å². The van der Waals surface area contributed by atoms with Crippen LogP contribution in [0, 0.1) is 0 Å². The van der Waals surface area contributed by atoms with Gasteiger partial charge in [-0.15, -0.1) is 0 Å². The van der Waals surface area contributed by atoms with Gasteiger partial charge in [0.15, 0.2) is 0 Å². The number of nitrogens with zero attached hydrogens (tertiary/aromatic N) is 1. The smallest absolute Gasteiger partial charge is 0.332 e. The molecular weight excluding hydrogens is 220 g/mol. The summed E-state index contributed by atoms with van der Waals surface area (Å²) >= 11 is 0. The van der Waals surface area contributed by atoms with E-state index < -0.39 is 6.03 Å². The topological polar surface area (TPSA) is 96.6 Å². The number of hydrogen-bond donors (Lipinski definition) is 3. The molecule has 4 N–H and O–H groups in total. The number of urea groups is 1. The Morgan fingerprint density at radius 2 is 1.94 bits per heavy atom. The third-order valence-electron chi connectivity index (χ3n) is 1.83. The number of nitrogens with two attached hydrogens (primary N) is 1. The third kappa shape index (κ3) is 5.31. The highest BCUT2D eigenvalue weighted by atomic mass is 16.2. The standard InChI is InChI=1S/C11H14N4O2/c1-8(14-15-11(12)17)7-10(16)13-9-5-3-2-4-6-9/h2-6H,7H2,1H3,(H,13,16)(H3,12,15,17)/b14-8+. The zero-order chi connectivity index (χ0) is 12.7. The van der Waals surface area contributed by atoms with E-state index in [0.29, 0.717) is 11.4 Å². The minimum atomic E-state index is -0.757. The van der Waals surface area contributed by atoms with Gasteiger partial charge in [-0.1, -0.05) is 18.2 Å². The second kappa shape index (κ2) is 6.26. The van der Waals surface area contributed by atoms with Crippen molar-refractivity contribution in [3.8, 4) is 0 Å². The molecule has 0 saturated carbocycles. The summed E-state index contributed by atoms with van der Waals surface area (Å²) in [5.41, 5.74) is 8.08.